The Morgan fingerprint density at radius 1 is 1.00 bits per heavy atom. The number of nitrogens with one attached hydrogen (secondary N) is 4. The van der Waals surface area contributed by atoms with E-state index in [1.54, 1.807) is 12.1 Å². The number of hydrogen-bond donors (Lipinski definition) is 4. The largest absolute Gasteiger partial charge is 0.435 e. The summed E-state index contributed by atoms with van der Waals surface area (Å²) in [6, 6.07) is 13.8. The number of anilines is 1. The van der Waals surface area contributed by atoms with E-state index in [1.165, 1.54) is 44.9 Å². The van der Waals surface area contributed by atoms with Gasteiger partial charge in [-0.25, -0.2) is 0 Å². The first kappa shape index (κ1) is 30.8. The zero-order valence-electron chi connectivity index (χ0n) is 26.4. The molecular formula is C35H48F2N6O2. The Morgan fingerprint density at radius 2 is 1.73 bits per heavy atom. The van der Waals surface area contributed by atoms with E-state index >= 15 is 0 Å². The van der Waals surface area contributed by atoms with Crippen LogP contribution in [0.1, 0.15) is 85.3 Å². The van der Waals surface area contributed by atoms with Crippen molar-refractivity contribution in [3.63, 3.8) is 0 Å². The highest BCUT2D eigenvalue weighted by molar-refractivity contribution is 5.96. The van der Waals surface area contributed by atoms with Gasteiger partial charge in [0.1, 0.15) is 11.9 Å². The maximum Gasteiger partial charge on any atom is 0.387 e. The van der Waals surface area contributed by atoms with Crippen LogP contribution in [0.4, 0.5) is 14.5 Å². The maximum absolute atomic E-state index is 13.3. The fraction of sp³-hybridized carbons (Fsp3) is 0.629. The number of carbonyl (C=O) groups is 1. The lowest BCUT2D eigenvalue weighted by Gasteiger charge is -2.45. The average molecular weight is 623 g/mol. The van der Waals surface area contributed by atoms with Gasteiger partial charge in [-0.2, -0.15) is 8.78 Å². The van der Waals surface area contributed by atoms with Gasteiger partial charge in [-0.3, -0.25) is 20.3 Å². The van der Waals surface area contributed by atoms with E-state index < -0.39 is 6.61 Å². The first-order chi connectivity index (χ1) is 21.9. The molecule has 0 aromatic heterocycles. The summed E-state index contributed by atoms with van der Waals surface area (Å²) >= 11 is 0. The number of benzene rings is 2. The van der Waals surface area contributed by atoms with Gasteiger partial charge in [-0.15, -0.1) is 0 Å². The number of hydrogen-bond acceptors (Lipinski definition) is 7. The molecule has 4 atom stereocenters. The summed E-state index contributed by atoms with van der Waals surface area (Å²) in [5.41, 5.74) is 3.72. The van der Waals surface area contributed by atoms with Crippen LogP contribution in [-0.4, -0.2) is 79.0 Å². The molecule has 5 aliphatic heterocycles. The molecule has 4 unspecified atom stereocenters. The molecule has 6 fully saturated rings. The third-order valence-corrected chi connectivity index (χ3v) is 11.1. The molecule has 6 aliphatic rings. The lowest BCUT2D eigenvalue weighted by atomic mass is 9.76. The van der Waals surface area contributed by atoms with E-state index in [4.69, 9.17) is 0 Å². The molecule has 2 aromatic rings. The third-order valence-electron chi connectivity index (χ3n) is 11.1. The molecule has 1 spiro atoms. The first-order valence-corrected chi connectivity index (χ1v) is 17.1. The zero-order chi connectivity index (χ0) is 31.0. The summed E-state index contributed by atoms with van der Waals surface area (Å²) in [4.78, 5) is 18.3. The van der Waals surface area contributed by atoms with Gasteiger partial charge in [-0.05, 0) is 93.1 Å². The molecule has 2 aromatic carbocycles. The van der Waals surface area contributed by atoms with Gasteiger partial charge >= 0.3 is 6.61 Å². The number of fused-ring (bicyclic) bond motifs is 4. The Labute approximate surface area is 265 Å². The van der Waals surface area contributed by atoms with Crippen molar-refractivity contribution in [2.45, 2.75) is 101 Å². The highest BCUT2D eigenvalue weighted by atomic mass is 19.3. The summed E-state index contributed by atoms with van der Waals surface area (Å²) in [6.45, 7) is 4.17. The minimum absolute atomic E-state index is 0.0243. The minimum Gasteiger partial charge on any atom is -0.435 e. The van der Waals surface area contributed by atoms with Crippen LogP contribution in [0.2, 0.25) is 0 Å². The molecule has 8 rings (SSSR count). The second kappa shape index (κ2) is 13.1. The monoisotopic (exact) mass is 622 g/mol. The third kappa shape index (κ3) is 6.44. The molecule has 45 heavy (non-hydrogen) atoms. The average Bonchev–Trinajstić information content (AvgIpc) is 3.35. The van der Waals surface area contributed by atoms with Crippen LogP contribution in [0.25, 0.3) is 0 Å². The van der Waals surface area contributed by atoms with Crippen LogP contribution in [0, 0.1) is 12.8 Å². The molecule has 244 valence electrons. The van der Waals surface area contributed by atoms with Crippen molar-refractivity contribution in [3.8, 4) is 5.75 Å². The van der Waals surface area contributed by atoms with Crippen molar-refractivity contribution in [2.24, 2.45) is 5.92 Å². The van der Waals surface area contributed by atoms with Gasteiger partial charge < -0.3 is 20.3 Å². The number of nitrogens with zero attached hydrogens (tertiary/aromatic N) is 2. The Hall–Kier alpha value is -2.79. The van der Waals surface area contributed by atoms with Crippen molar-refractivity contribution in [3.05, 3.63) is 59.2 Å². The van der Waals surface area contributed by atoms with Crippen LogP contribution in [0.5, 0.6) is 5.75 Å². The Kier molecular flexibility index (Phi) is 9.01. The van der Waals surface area contributed by atoms with Gasteiger partial charge in [-0.1, -0.05) is 44.2 Å². The molecule has 1 aliphatic carbocycles. The van der Waals surface area contributed by atoms with Gasteiger partial charge in [0.25, 0.3) is 5.91 Å². The molecule has 10 heteroatoms. The number of carbonyl (C=O) groups excluding carboxylic acids is 1. The lowest BCUT2D eigenvalue weighted by Crippen LogP contribution is -2.62. The standard InChI is InChI=1S/C35H48F2N6O2/c1-23-21-26(9-12-28(23)33(44)40-29-22-42-18-13-24(29)14-19-42)39-31-32-41-35(15-5-3-2-4-6-16-35)30(43(32)20-17-38-31)25-7-10-27(11-8-25)45-34(36)37/h7-12,21,24,29-32,34,38-39,41H,2-6,13-20,22H2,1H3,(H,40,44). The smallest absolute Gasteiger partial charge is 0.387 e. The summed E-state index contributed by atoms with van der Waals surface area (Å²) in [7, 11) is 0. The van der Waals surface area contributed by atoms with Gasteiger partial charge in [0, 0.05) is 42.5 Å². The predicted octanol–water partition coefficient (Wildman–Crippen LogP) is 5.22. The van der Waals surface area contributed by atoms with E-state index in [9.17, 15) is 13.6 Å². The van der Waals surface area contributed by atoms with Crippen LogP contribution in [-0.2, 0) is 0 Å². The van der Waals surface area contributed by atoms with Crippen molar-refractivity contribution in [2.75, 3.05) is 38.0 Å². The van der Waals surface area contributed by atoms with Crippen molar-refractivity contribution < 1.29 is 18.3 Å². The number of aryl methyl sites for hydroxylation is 1. The van der Waals surface area contributed by atoms with Crippen LogP contribution >= 0.6 is 0 Å². The molecule has 5 heterocycles. The number of piperidine rings is 3. The molecule has 1 amide bonds. The summed E-state index contributed by atoms with van der Waals surface area (Å²) in [5.74, 6) is 0.809. The molecule has 4 N–H and O–H groups in total. The molecule has 8 nitrogen and oxygen atoms in total. The van der Waals surface area contributed by atoms with E-state index in [-0.39, 0.29) is 41.6 Å². The number of amides is 1. The fourth-order valence-corrected chi connectivity index (χ4v) is 8.93. The van der Waals surface area contributed by atoms with Gasteiger partial charge in [0.2, 0.25) is 0 Å². The summed E-state index contributed by atoms with van der Waals surface area (Å²) in [6.07, 6.45) is 10.6. The van der Waals surface area contributed by atoms with Crippen molar-refractivity contribution in [1.82, 2.24) is 25.8 Å². The van der Waals surface area contributed by atoms with E-state index in [1.807, 2.05) is 31.2 Å². The normalized spacial score (nSPS) is 31.3. The molecule has 2 bridgehead atoms. The van der Waals surface area contributed by atoms with Crippen LogP contribution in [0.3, 0.4) is 0 Å². The molecule has 0 radical (unpaired) electrons. The summed E-state index contributed by atoms with van der Waals surface area (Å²) < 4.78 is 30.4. The topological polar surface area (TPSA) is 80.9 Å². The number of piperazine rings is 1. The highest BCUT2D eigenvalue weighted by Crippen LogP contribution is 2.47. The van der Waals surface area contributed by atoms with Gasteiger partial charge in [0.15, 0.2) is 0 Å². The Bertz CT molecular complexity index is 1330. The SMILES string of the molecule is Cc1cc(NC2NCCN3C2NC2(CCCCCCC2)C3c2ccc(OC(F)F)cc2)ccc1C(=O)NC1CN2CCC1CC2. The highest BCUT2D eigenvalue weighted by Gasteiger charge is 2.54. The lowest BCUT2D eigenvalue weighted by molar-refractivity contribution is -0.0498. The fourth-order valence-electron chi connectivity index (χ4n) is 8.93. The Balaban J connectivity index is 1.09. The van der Waals surface area contributed by atoms with Crippen molar-refractivity contribution in [1.29, 1.82) is 0 Å². The number of rotatable bonds is 7. The number of ether oxygens (including phenoxy) is 1. The number of halogens is 2. The van der Waals surface area contributed by atoms with E-state index in [0.717, 1.165) is 67.9 Å². The Morgan fingerprint density at radius 3 is 2.40 bits per heavy atom. The van der Waals surface area contributed by atoms with E-state index in [2.05, 4.69) is 41.9 Å². The molecule has 5 saturated heterocycles. The predicted molar refractivity (Wildman–Crippen MR) is 172 cm³/mol. The van der Waals surface area contributed by atoms with Crippen LogP contribution < -0.4 is 26.0 Å². The molecule has 1 saturated carbocycles. The van der Waals surface area contributed by atoms with Crippen molar-refractivity contribution >= 4 is 11.6 Å². The zero-order valence-corrected chi connectivity index (χ0v) is 26.4. The molecular weight excluding hydrogens is 574 g/mol. The second-order valence-corrected chi connectivity index (χ2v) is 13.9. The van der Waals surface area contributed by atoms with Gasteiger partial charge in [0.05, 0.1) is 12.2 Å². The summed E-state index contributed by atoms with van der Waals surface area (Å²) in [5, 5.41) is 14.9. The van der Waals surface area contributed by atoms with Crippen LogP contribution in [0.15, 0.2) is 42.5 Å². The number of alkyl halides is 2. The quantitative estimate of drug-likeness (QED) is 0.338. The van der Waals surface area contributed by atoms with E-state index in [0.29, 0.717) is 5.92 Å². The first-order valence-electron chi connectivity index (χ1n) is 17.1. The minimum atomic E-state index is -2.83. The maximum atomic E-state index is 13.3. The second-order valence-electron chi connectivity index (χ2n) is 13.9.